The van der Waals surface area contributed by atoms with Crippen LogP contribution in [0.2, 0.25) is 0 Å². The number of pyridine rings is 1. The average molecular weight is 336 g/mol. The predicted octanol–water partition coefficient (Wildman–Crippen LogP) is 2.35. The van der Waals surface area contributed by atoms with Crippen molar-refractivity contribution in [2.75, 3.05) is 0 Å². The summed E-state index contributed by atoms with van der Waals surface area (Å²) in [5.74, 6) is -2.48. The maximum Gasteiger partial charge on any atom is 0.261 e. The summed E-state index contributed by atoms with van der Waals surface area (Å²) in [5.41, 5.74) is 1.70. The Morgan fingerprint density at radius 1 is 1.25 bits per heavy atom. The van der Waals surface area contributed by atoms with Crippen LogP contribution < -0.4 is 15.6 Å². The van der Waals surface area contributed by atoms with E-state index in [4.69, 9.17) is 4.74 Å². The molecule has 0 saturated heterocycles. The molecule has 128 valence electrons. The summed E-state index contributed by atoms with van der Waals surface area (Å²) in [6.45, 7) is 5.08. The third kappa shape index (κ3) is 4.18. The first-order valence-electron chi connectivity index (χ1n) is 7.36. The van der Waals surface area contributed by atoms with Gasteiger partial charge in [0.1, 0.15) is 5.75 Å². The Bertz CT molecular complexity index is 818. The molecule has 7 heteroatoms. The van der Waals surface area contributed by atoms with Crippen LogP contribution in [0.25, 0.3) is 0 Å². The zero-order chi connectivity index (χ0) is 17.9. The Morgan fingerprint density at radius 3 is 2.58 bits per heavy atom. The van der Waals surface area contributed by atoms with E-state index in [0.717, 1.165) is 23.4 Å². The molecule has 0 unspecified atom stereocenters. The zero-order valence-corrected chi connectivity index (χ0v) is 13.6. The maximum absolute atomic E-state index is 13.1. The Labute approximate surface area is 137 Å². The number of rotatable bonds is 5. The molecule has 0 fully saturated rings. The molecule has 24 heavy (non-hydrogen) atoms. The van der Waals surface area contributed by atoms with E-state index < -0.39 is 23.6 Å². The van der Waals surface area contributed by atoms with Gasteiger partial charge >= 0.3 is 0 Å². The molecule has 2 N–H and O–H groups in total. The van der Waals surface area contributed by atoms with Gasteiger partial charge in [0.05, 0.1) is 0 Å². The van der Waals surface area contributed by atoms with Crippen LogP contribution in [0.1, 0.15) is 23.7 Å². The van der Waals surface area contributed by atoms with E-state index in [1.165, 1.54) is 13.0 Å². The largest absolute Gasteiger partial charge is 0.481 e. The number of carbonyl (C=O) groups excluding carboxylic acids is 1. The van der Waals surface area contributed by atoms with Crippen molar-refractivity contribution in [2.45, 2.75) is 33.4 Å². The topological polar surface area (TPSA) is 71.2 Å². The van der Waals surface area contributed by atoms with Crippen molar-refractivity contribution < 1.29 is 18.3 Å². The molecule has 0 bridgehead atoms. The normalized spacial score (nSPS) is 11.9. The van der Waals surface area contributed by atoms with E-state index >= 15 is 0 Å². The smallest absolute Gasteiger partial charge is 0.261 e. The van der Waals surface area contributed by atoms with Crippen LogP contribution in [0.5, 0.6) is 5.75 Å². The van der Waals surface area contributed by atoms with Crippen LogP contribution in [0.4, 0.5) is 8.78 Å². The SMILES string of the molecule is Cc1cc(C)c(CNC(=O)[C@@H](C)Oc2ccc(F)c(F)c2)c(=O)[nH]1. The lowest BCUT2D eigenvalue weighted by molar-refractivity contribution is -0.127. The molecular weight excluding hydrogens is 318 g/mol. The molecule has 0 spiro atoms. The van der Waals surface area contributed by atoms with Gasteiger partial charge < -0.3 is 15.0 Å². The van der Waals surface area contributed by atoms with Gasteiger partial charge in [0.15, 0.2) is 17.7 Å². The lowest BCUT2D eigenvalue weighted by Gasteiger charge is -2.15. The fraction of sp³-hybridized carbons (Fsp3) is 0.294. The second-order valence-corrected chi connectivity index (χ2v) is 5.50. The first-order valence-corrected chi connectivity index (χ1v) is 7.36. The molecule has 0 saturated carbocycles. The Hall–Kier alpha value is -2.70. The number of carbonyl (C=O) groups is 1. The molecule has 0 aliphatic carbocycles. The number of H-pyrrole nitrogens is 1. The number of ether oxygens (including phenoxy) is 1. The maximum atomic E-state index is 13.1. The van der Waals surface area contributed by atoms with Gasteiger partial charge in [-0.15, -0.1) is 0 Å². The molecule has 1 aromatic heterocycles. The highest BCUT2D eigenvalue weighted by atomic mass is 19.2. The van der Waals surface area contributed by atoms with Crippen LogP contribution in [-0.4, -0.2) is 17.0 Å². The number of hydrogen-bond donors (Lipinski definition) is 2. The minimum Gasteiger partial charge on any atom is -0.481 e. The Morgan fingerprint density at radius 2 is 1.96 bits per heavy atom. The Kier molecular flexibility index (Phi) is 5.33. The van der Waals surface area contributed by atoms with Crippen molar-refractivity contribution in [3.8, 4) is 5.75 Å². The van der Waals surface area contributed by atoms with Crippen LogP contribution in [0.3, 0.4) is 0 Å². The predicted molar refractivity (Wildman–Crippen MR) is 84.8 cm³/mol. The van der Waals surface area contributed by atoms with Crippen molar-refractivity contribution >= 4 is 5.91 Å². The van der Waals surface area contributed by atoms with Gasteiger partial charge in [-0.3, -0.25) is 9.59 Å². The van der Waals surface area contributed by atoms with Gasteiger partial charge in [-0.05, 0) is 44.5 Å². The molecule has 1 heterocycles. The standard InChI is InChI=1S/C17H18F2N2O3/c1-9-6-10(2)21-17(23)13(9)8-20-16(22)11(3)24-12-4-5-14(18)15(19)7-12/h4-7,11H,8H2,1-3H3,(H,20,22)(H,21,23)/t11-/m1/s1. The number of nitrogens with one attached hydrogen (secondary N) is 2. The van der Waals surface area contributed by atoms with Crippen molar-refractivity contribution in [3.05, 3.63) is 63.1 Å². The quantitative estimate of drug-likeness (QED) is 0.880. The Balaban J connectivity index is 1.99. The third-order valence-electron chi connectivity index (χ3n) is 3.51. The molecule has 0 aliphatic heterocycles. The minimum absolute atomic E-state index is 0.0425. The molecule has 1 amide bonds. The zero-order valence-electron chi connectivity index (χ0n) is 13.6. The summed E-state index contributed by atoms with van der Waals surface area (Å²) in [7, 11) is 0. The van der Waals surface area contributed by atoms with Gasteiger partial charge in [-0.2, -0.15) is 0 Å². The van der Waals surface area contributed by atoms with Crippen LogP contribution in [-0.2, 0) is 11.3 Å². The first kappa shape index (κ1) is 17.7. The van der Waals surface area contributed by atoms with Crippen molar-refractivity contribution in [1.29, 1.82) is 0 Å². The van der Waals surface area contributed by atoms with E-state index in [9.17, 15) is 18.4 Å². The summed E-state index contributed by atoms with van der Waals surface area (Å²) >= 11 is 0. The fourth-order valence-electron chi connectivity index (χ4n) is 2.23. The van der Waals surface area contributed by atoms with Gasteiger partial charge in [-0.25, -0.2) is 8.78 Å². The number of hydrogen-bond acceptors (Lipinski definition) is 3. The van der Waals surface area contributed by atoms with E-state index in [0.29, 0.717) is 5.56 Å². The third-order valence-corrected chi connectivity index (χ3v) is 3.51. The molecule has 1 atom stereocenters. The number of halogens is 2. The molecule has 0 radical (unpaired) electrons. The number of benzene rings is 1. The second-order valence-electron chi connectivity index (χ2n) is 5.50. The summed E-state index contributed by atoms with van der Waals surface area (Å²) in [6, 6.07) is 4.83. The van der Waals surface area contributed by atoms with Crippen LogP contribution in [0.15, 0.2) is 29.1 Å². The fourth-order valence-corrected chi connectivity index (χ4v) is 2.23. The monoisotopic (exact) mass is 336 g/mol. The van der Waals surface area contributed by atoms with E-state index in [2.05, 4.69) is 10.3 Å². The van der Waals surface area contributed by atoms with Crippen molar-refractivity contribution in [3.63, 3.8) is 0 Å². The van der Waals surface area contributed by atoms with Crippen molar-refractivity contribution in [1.82, 2.24) is 10.3 Å². The van der Waals surface area contributed by atoms with Crippen LogP contribution in [0, 0.1) is 25.5 Å². The summed E-state index contributed by atoms with van der Waals surface area (Å²) in [4.78, 5) is 26.6. The van der Waals surface area contributed by atoms with Gasteiger partial charge in [-0.1, -0.05) is 0 Å². The summed E-state index contributed by atoms with van der Waals surface area (Å²) in [6.07, 6.45) is -0.931. The minimum atomic E-state index is -1.05. The number of aryl methyl sites for hydroxylation is 2. The summed E-state index contributed by atoms with van der Waals surface area (Å²) in [5, 5.41) is 2.59. The highest BCUT2D eigenvalue weighted by molar-refractivity contribution is 5.80. The molecule has 2 rings (SSSR count). The molecule has 0 aliphatic rings. The lowest BCUT2D eigenvalue weighted by atomic mass is 10.1. The van der Waals surface area contributed by atoms with Gasteiger partial charge in [0.2, 0.25) is 0 Å². The molecular formula is C17H18F2N2O3. The van der Waals surface area contributed by atoms with Crippen LogP contribution >= 0.6 is 0 Å². The van der Waals surface area contributed by atoms with E-state index in [-0.39, 0.29) is 17.9 Å². The van der Waals surface area contributed by atoms with E-state index in [1.807, 2.05) is 6.07 Å². The second kappa shape index (κ2) is 7.25. The molecule has 5 nitrogen and oxygen atoms in total. The number of amides is 1. The number of aromatic nitrogens is 1. The average Bonchev–Trinajstić information content (AvgIpc) is 2.49. The van der Waals surface area contributed by atoms with Crippen molar-refractivity contribution in [2.24, 2.45) is 0 Å². The highest BCUT2D eigenvalue weighted by Crippen LogP contribution is 2.16. The molecule has 2 aromatic rings. The van der Waals surface area contributed by atoms with Gasteiger partial charge in [0.25, 0.3) is 11.5 Å². The highest BCUT2D eigenvalue weighted by Gasteiger charge is 2.16. The molecule has 1 aromatic carbocycles. The van der Waals surface area contributed by atoms with E-state index in [1.54, 1.807) is 13.8 Å². The van der Waals surface area contributed by atoms with Gasteiger partial charge in [0, 0.05) is 23.9 Å². The first-order chi connectivity index (χ1) is 11.3. The number of aromatic amines is 1. The summed E-state index contributed by atoms with van der Waals surface area (Å²) < 4.78 is 31.3. The lowest BCUT2D eigenvalue weighted by Crippen LogP contribution is -2.37.